The Morgan fingerprint density at radius 3 is 2.37 bits per heavy atom. The Balaban J connectivity index is 2.58. The molecule has 0 radical (unpaired) electrons. The minimum Gasteiger partial charge on any atom is -0.508 e. The lowest BCUT2D eigenvalue weighted by atomic mass is 10.1. The van der Waals surface area contributed by atoms with Crippen molar-refractivity contribution < 1.29 is 19.8 Å². The minimum absolute atomic E-state index is 0.0904. The standard InChI is InChI=1S/C13H18N2O4/c1-3-9(12(17)18)8-14-13(19)15(2)10-4-6-11(16)7-5-10/h4-7,9,16H,3,8H2,1-2H3,(H,14,19)(H,17,18). The van der Waals surface area contributed by atoms with Gasteiger partial charge in [-0.2, -0.15) is 0 Å². The molecule has 0 spiro atoms. The van der Waals surface area contributed by atoms with Gasteiger partial charge in [0.2, 0.25) is 0 Å². The second-order valence-electron chi connectivity index (χ2n) is 4.20. The van der Waals surface area contributed by atoms with Crippen LogP contribution in [0.5, 0.6) is 5.75 Å². The van der Waals surface area contributed by atoms with E-state index in [0.717, 1.165) is 0 Å². The van der Waals surface area contributed by atoms with Gasteiger partial charge in [0, 0.05) is 19.3 Å². The van der Waals surface area contributed by atoms with Gasteiger partial charge < -0.3 is 15.5 Å². The highest BCUT2D eigenvalue weighted by molar-refractivity contribution is 5.91. The number of phenols is 1. The molecule has 0 heterocycles. The Morgan fingerprint density at radius 2 is 1.89 bits per heavy atom. The van der Waals surface area contributed by atoms with Gasteiger partial charge in [0.15, 0.2) is 0 Å². The van der Waals surface area contributed by atoms with Gasteiger partial charge in [0.1, 0.15) is 5.75 Å². The summed E-state index contributed by atoms with van der Waals surface area (Å²) in [6.07, 6.45) is 0.457. The Hall–Kier alpha value is -2.24. The summed E-state index contributed by atoms with van der Waals surface area (Å²) in [5.74, 6) is -1.39. The molecule has 0 saturated heterocycles. The van der Waals surface area contributed by atoms with Crippen LogP contribution >= 0.6 is 0 Å². The highest BCUT2D eigenvalue weighted by Crippen LogP contribution is 2.17. The molecule has 6 nitrogen and oxygen atoms in total. The van der Waals surface area contributed by atoms with E-state index < -0.39 is 11.9 Å². The average Bonchev–Trinajstić information content (AvgIpc) is 2.38. The smallest absolute Gasteiger partial charge is 0.321 e. The maximum absolute atomic E-state index is 11.8. The Morgan fingerprint density at radius 1 is 1.32 bits per heavy atom. The lowest BCUT2D eigenvalue weighted by molar-refractivity contribution is -0.141. The van der Waals surface area contributed by atoms with E-state index in [1.54, 1.807) is 26.1 Å². The molecular formula is C13H18N2O4. The van der Waals surface area contributed by atoms with Gasteiger partial charge in [-0.1, -0.05) is 6.92 Å². The lowest BCUT2D eigenvalue weighted by Crippen LogP contribution is -2.41. The first-order chi connectivity index (χ1) is 8.95. The first-order valence-electron chi connectivity index (χ1n) is 5.99. The summed E-state index contributed by atoms with van der Waals surface area (Å²) < 4.78 is 0. The molecule has 1 rings (SSSR count). The molecule has 0 aliphatic carbocycles. The van der Waals surface area contributed by atoms with E-state index in [4.69, 9.17) is 10.2 Å². The zero-order valence-electron chi connectivity index (χ0n) is 11.0. The van der Waals surface area contributed by atoms with Crippen LogP contribution in [0.1, 0.15) is 13.3 Å². The molecule has 0 bridgehead atoms. The number of aromatic hydroxyl groups is 1. The van der Waals surface area contributed by atoms with E-state index >= 15 is 0 Å². The van der Waals surface area contributed by atoms with Crippen molar-refractivity contribution in [2.24, 2.45) is 5.92 Å². The van der Waals surface area contributed by atoms with E-state index in [2.05, 4.69) is 5.32 Å². The molecule has 3 N–H and O–H groups in total. The molecule has 2 amide bonds. The third-order valence-corrected chi connectivity index (χ3v) is 2.88. The van der Waals surface area contributed by atoms with Crippen molar-refractivity contribution >= 4 is 17.7 Å². The highest BCUT2D eigenvalue weighted by Gasteiger charge is 2.17. The fourth-order valence-electron chi connectivity index (χ4n) is 1.53. The molecule has 1 unspecified atom stereocenters. The Bertz CT molecular complexity index is 444. The van der Waals surface area contributed by atoms with E-state index in [0.29, 0.717) is 12.1 Å². The normalized spacial score (nSPS) is 11.7. The van der Waals surface area contributed by atoms with Crippen LogP contribution in [0.25, 0.3) is 0 Å². The number of carbonyl (C=O) groups is 2. The third-order valence-electron chi connectivity index (χ3n) is 2.88. The molecule has 0 fully saturated rings. The largest absolute Gasteiger partial charge is 0.508 e. The molecule has 0 saturated carbocycles. The molecule has 1 aromatic rings. The number of benzene rings is 1. The highest BCUT2D eigenvalue weighted by atomic mass is 16.4. The molecular weight excluding hydrogens is 248 g/mol. The van der Waals surface area contributed by atoms with Crippen LogP contribution in [-0.2, 0) is 4.79 Å². The summed E-state index contributed by atoms with van der Waals surface area (Å²) >= 11 is 0. The van der Waals surface area contributed by atoms with Crippen LogP contribution in [0.3, 0.4) is 0 Å². The number of hydrogen-bond donors (Lipinski definition) is 3. The number of rotatable bonds is 5. The summed E-state index contributed by atoms with van der Waals surface area (Å²) in [4.78, 5) is 24.0. The van der Waals surface area contributed by atoms with Gasteiger partial charge in [-0.05, 0) is 30.7 Å². The summed E-state index contributed by atoms with van der Waals surface area (Å²) in [5.41, 5.74) is 0.610. The number of nitrogens with zero attached hydrogens (tertiary/aromatic N) is 1. The summed E-state index contributed by atoms with van der Waals surface area (Å²) in [5, 5.41) is 20.6. The van der Waals surface area contributed by atoms with Gasteiger partial charge in [-0.25, -0.2) is 4.79 Å². The number of anilines is 1. The number of carboxylic acids is 1. The number of nitrogens with one attached hydrogen (secondary N) is 1. The van der Waals surface area contributed by atoms with E-state index in [-0.39, 0.29) is 18.3 Å². The van der Waals surface area contributed by atoms with E-state index in [9.17, 15) is 9.59 Å². The summed E-state index contributed by atoms with van der Waals surface area (Å²) in [7, 11) is 1.57. The van der Waals surface area contributed by atoms with Gasteiger partial charge in [0.25, 0.3) is 0 Å². The summed E-state index contributed by atoms with van der Waals surface area (Å²) in [6, 6.07) is 5.77. The SMILES string of the molecule is CCC(CNC(=O)N(C)c1ccc(O)cc1)C(=O)O. The van der Waals surface area contributed by atoms with Crippen molar-refractivity contribution in [3.63, 3.8) is 0 Å². The third kappa shape index (κ3) is 4.17. The zero-order valence-corrected chi connectivity index (χ0v) is 11.0. The topological polar surface area (TPSA) is 89.9 Å². The molecule has 0 aliphatic rings. The molecule has 104 valence electrons. The number of urea groups is 1. The van der Waals surface area contributed by atoms with Crippen molar-refractivity contribution in [2.45, 2.75) is 13.3 Å². The fraction of sp³-hybridized carbons (Fsp3) is 0.385. The lowest BCUT2D eigenvalue weighted by Gasteiger charge is -2.19. The van der Waals surface area contributed by atoms with Crippen LogP contribution in [0, 0.1) is 5.92 Å². The first kappa shape index (κ1) is 14.8. The second-order valence-corrected chi connectivity index (χ2v) is 4.20. The van der Waals surface area contributed by atoms with Crippen molar-refractivity contribution in [2.75, 3.05) is 18.5 Å². The number of phenolic OH excluding ortho intramolecular Hbond substituents is 1. The van der Waals surface area contributed by atoms with Crippen molar-refractivity contribution in [1.29, 1.82) is 0 Å². The predicted octanol–water partition coefficient (Wildman–Crippen LogP) is 1.65. The molecule has 0 aromatic heterocycles. The fourth-order valence-corrected chi connectivity index (χ4v) is 1.53. The number of aliphatic carboxylic acids is 1. The Kier molecular flexibility index (Phi) is 5.17. The van der Waals surface area contributed by atoms with Gasteiger partial charge in [-0.15, -0.1) is 0 Å². The number of amides is 2. The maximum atomic E-state index is 11.8. The summed E-state index contributed by atoms with van der Waals surface area (Å²) in [6.45, 7) is 1.85. The van der Waals surface area contributed by atoms with E-state index in [1.165, 1.54) is 17.0 Å². The van der Waals surface area contributed by atoms with Crippen LogP contribution in [0.2, 0.25) is 0 Å². The molecule has 19 heavy (non-hydrogen) atoms. The van der Waals surface area contributed by atoms with Crippen molar-refractivity contribution in [1.82, 2.24) is 5.32 Å². The number of hydrogen-bond acceptors (Lipinski definition) is 3. The molecule has 1 atom stereocenters. The second kappa shape index (κ2) is 6.63. The van der Waals surface area contributed by atoms with E-state index in [1.807, 2.05) is 0 Å². The van der Waals surface area contributed by atoms with Crippen LogP contribution < -0.4 is 10.2 Å². The van der Waals surface area contributed by atoms with Crippen molar-refractivity contribution in [3.05, 3.63) is 24.3 Å². The zero-order chi connectivity index (χ0) is 14.4. The van der Waals surface area contributed by atoms with Crippen LogP contribution in [0.15, 0.2) is 24.3 Å². The van der Waals surface area contributed by atoms with Gasteiger partial charge in [0.05, 0.1) is 5.92 Å². The Labute approximate surface area is 111 Å². The maximum Gasteiger partial charge on any atom is 0.321 e. The molecule has 0 aliphatic heterocycles. The minimum atomic E-state index is -0.921. The van der Waals surface area contributed by atoms with Crippen molar-refractivity contribution in [3.8, 4) is 5.75 Å². The van der Waals surface area contributed by atoms with Crippen LogP contribution in [0.4, 0.5) is 10.5 Å². The van der Waals surface area contributed by atoms with Crippen LogP contribution in [-0.4, -0.2) is 35.8 Å². The molecule has 6 heteroatoms. The quantitative estimate of drug-likeness (QED) is 0.756. The first-order valence-corrected chi connectivity index (χ1v) is 5.99. The van der Waals surface area contributed by atoms with Gasteiger partial charge in [-0.3, -0.25) is 9.69 Å². The monoisotopic (exact) mass is 266 g/mol. The number of carboxylic acid groups (broad SMARTS) is 1. The molecule has 1 aromatic carbocycles. The predicted molar refractivity (Wildman–Crippen MR) is 71.3 cm³/mol. The number of carbonyl (C=O) groups excluding carboxylic acids is 1. The average molecular weight is 266 g/mol. The van der Waals surface area contributed by atoms with Gasteiger partial charge >= 0.3 is 12.0 Å².